The highest BCUT2D eigenvalue weighted by Gasteiger charge is 2.32. The smallest absolute Gasteiger partial charge is 0.327 e. The van der Waals surface area contributed by atoms with E-state index in [1.165, 1.54) is 6.92 Å². The first-order valence-corrected chi connectivity index (χ1v) is 14.0. The second-order valence-electron chi connectivity index (χ2n) is 9.76. The van der Waals surface area contributed by atoms with E-state index < -0.39 is 96.4 Å². The van der Waals surface area contributed by atoms with Crippen LogP contribution in [-0.2, 0) is 38.4 Å². The molecule has 42 heavy (non-hydrogen) atoms. The molecule has 0 aromatic carbocycles. The Kier molecular flexibility index (Phi) is 17.2. The number of carbonyl (C=O) groups is 8. The van der Waals surface area contributed by atoms with Gasteiger partial charge >= 0.3 is 5.97 Å². The van der Waals surface area contributed by atoms with Gasteiger partial charge in [-0.3, -0.25) is 33.6 Å². The van der Waals surface area contributed by atoms with Gasteiger partial charge in [-0.15, -0.1) is 0 Å². The highest BCUT2D eigenvalue weighted by atomic mass is 32.1. The molecule has 0 aliphatic rings. The Labute approximate surface area is 253 Å². The SMILES string of the molecule is CC(C)C[C@H](NC(=O)[C@H](C)NC(=O)[C@H](CC(N)=O)NC(=O)[C@H](CC(N)=O)NC(=O)[C@@H](N)CS)C(=O)N[C@@H](CS)C(=O)O. The molecule has 0 heterocycles. The van der Waals surface area contributed by atoms with Gasteiger partial charge in [0.1, 0.15) is 30.2 Å². The van der Waals surface area contributed by atoms with Gasteiger partial charge < -0.3 is 48.9 Å². The third-order valence-corrected chi connectivity index (χ3v) is 6.26. The van der Waals surface area contributed by atoms with E-state index in [9.17, 15) is 43.5 Å². The molecule has 7 amide bonds. The average molecular weight is 637 g/mol. The zero-order valence-electron chi connectivity index (χ0n) is 23.4. The molecule has 6 atom stereocenters. The number of primary amides is 2. The lowest BCUT2D eigenvalue weighted by Gasteiger charge is -2.25. The number of amides is 7. The fourth-order valence-corrected chi connectivity index (χ4v) is 3.71. The van der Waals surface area contributed by atoms with E-state index in [1.807, 2.05) is 0 Å². The van der Waals surface area contributed by atoms with Crippen molar-refractivity contribution in [3.8, 4) is 0 Å². The molecule has 238 valence electrons. The Morgan fingerprint density at radius 1 is 0.619 bits per heavy atom. The normalized spacial score (nSPS) is 15.1. The lowest BCUT2D eigenvalue weighted by atomic mass is 10.0. The van der Waals surface area contributed by atoms with E-state index >= 15 is 0 Å². The van der Waals surface area contributed by atoms with Gasteiger partial charge in [-0.05, 0) is 19.3 Å². The fourth-order valence-electron chi connectivity index (χ4n) is 3.29. The monoisotopic (exact) mass is 636 g/mol. The van der Waals surface area contributed by atoms with Gasteiger partial charge in [0.25, 0.3) is 0 Å². The number of thiol groups is 2. The van der Waals surface area contributed by atoms with Crippen molar-refractivity contribution in [1.82, 2.24) is 26.6 Å². The van der Waals surface area contributed by atoms with Gasteiger partial charge in [-0.1, -0.05) is 13.8 Å². The maximum absolute atomic E-state index is 12.9. The zero-order valence-corrected chi connectivity index (χ0v) is 25.2. The van der Waals surface area contributed by atoms with Crippen molar-refractivity contribution in [2.75, 3.05) is 11.5 Å². The quantitative estimate of drug-likeness (QED) is 0.0604. The molecule has 0 saturated carbocycles. The van der Waals surface area contributed by atoms with Crippen molar-refractivity contribution in [3.05, 3.63) is 0 Å². The van der Waals surface area contributed by atoms with E-state index in [2.05, 4.69) is 51.8 Å². The molecule has 0 bridgehead atoms. The molecular formula is C23H40N8O9S2. The van der Waals surface area contributed by atoms with Gasteiger partial charge in [0.15, 0.2) is 0 Å². The molecule has 0 rings (SSSR count). The maximum Gasteiger partial charge on any atom is 0.327 e. The predicted molar refractivity (Wildman–Crippen MR) is 156 cm³/mol. The molecule has 0 unspecified atom stereocenters. The number of carboxylic acid groups (broad SMARTS) is 1. The summed E-state index contributed by atoms with van der Waals surface area (Å²) in [5.74, 6) is -8.25. The molecule has 0 aromatic rings. The summed E-state index contributed by atoms with van der Waals surface area (Å²) in [4.78, 5) is 97.7. The fraction of sp³-hybridized carbons (Fsp3) is 0.652. The van der Waals surface area contributed by atoms with Gasteiger partial charge in [-0.2, -0.15) is 25.3 Å². The van der Waals surface area contributed by atoms with E-state index in [0.717, 1.165) is 0 Å². The van der Waals surface area contributed by atoms with Crippen molar-refractivity contribution in [1.29, 1.82) is 0 Å². The van der Waals surface area contributed by atoms with Crippen molar-refractivity contribution in [2.45, 2.75) is 76.3 Å². The highest BCUT2D eigenvalue weighted by Crippen LogP contribution is 2.07. The maximum atomic E-state index is 12.9. The Balaban J connectivity index is 5.67. The van der Waals surface area contributed by atoms with Crippen LogP contribution in [0.25, 0.3) is 0 Å². The van der Waals surface area contributed by atoms with Crippen LogP contribution < -0.4 is 43.8 Å². The van der Waals surface area contributed by atoms with E-state index in [-0.39, 0.29) is 23.8 Å². The van der Waals surface area contributed by atoms with Crippen LogP contribution in [-0.4, -0.2) is 100 Å². The Morgan fingerprint density at radius 3 is 1.43 bits per heavy atom. The number of hydrogen-bond acceptors (Lipinski definition) is 11. The summed E-state index contributed by atoms with van der Waals surface area (Å²) in [6.45, 7) is 4.79. The first-order chi connectivity index (χ1) is 19.4. The highest BCUT2D eigenvalue weighted by molar-refractivity contribution is 7.80. The molecule has 12 N–H and O–H groups in total. The van der Waals surface area contributed by atoms with Gasteiger partial charge in [0.05, 0.1) is 18.9 Å². The summed E-state index contributed by atoms with van der Waals surface area (Å²) in [7, 11) is 0. The number of aliphatic carboxylic acids is 1. The Morgan fingerprint density at radius 2 is 1.02 bits per heavy atom. The summed E-state index contributed by atoms with van der Waals surface area (Å²) in [6.07, 6.45) is -1.27. The van der Waals surface area contributed by atoms with Crippen LogP contribution in [0.2, 0.25) is 0 Å². The number of nitrogens with one attached hydrogen (secondary N) is 5. The van der Waals surface area contributed by atoms with Crippen LogP contribution in [0.1, 0.15) is 40.0 Å². The van der Waals surface area contributed by atoms with Gasteiger partial charge in [-0.25, -0.2) is 4.79 Å². The zero-order chi connectivity index (χ0) is 32.7. The molecule has 0 saturated heterocycles. The molecule has 17 nitrogen and oxygen atoms in total. The topological polar surface area (TPSA) is 295 Å². The largest absolute Gasteiger partial charge is 0.480 e. The van der Waals surface area contributed by atoms with Crippen molar-refractivity contribution in [3.63, 3.8) is 0 Å². The van der Waals surface area contributed by atoms with Gasteiger partial charge in [0.2, 0.25) is 41.4 Å². The molecule has 0 aromatic heterocycles. The third kappa shape index (κ3) is 14.4. The van der Waals surface area contributed by atoms with Crippen LogP contribution in [0.4, 0.5) is 0 Å². The van der Waals surface area contributed by atoms with Crippen LogP contribution >= 0.6 is 25.3 Å². The summed E-state index contributed by atoms with van der Waals surface area (Å²) < 4.78 is 0. The van der Waals surface area contributed by atoms with Crippen molar-refractivity contribution in [2.24, 2.45) is 23.1 Å². The molecule has 0 aliphatic carbocycles. The predicted octanol–water partition coefficient (Wildman–Crippen LogP) is -4.50. The molecule has 0 spiro atoms. The Bertz CT molecular complexity index is 1030. The van der Waals surface area contributed by atoms with Crippen LogP contribution in [0.3, 0.4) is 0 Å². The molecule has 0 radical (unpaired) electrons. The number of carboxylic acids is 1. The van der Waals surface area contributed by atoms with E-state index in [1.54, 1.807) is 13.8 Å². The van der Waals surface area contributed by atoms with Crippen molar-refractivity contribution < 1.29 is 43.5 Å². The summed E-state index contributed by atoms with van der Waals surface area (Å²) >= 11 is 7.77. The number of rotatable bonds is 19. The first-order valence-electron chi connectivity index (χ1n) is 12.7. The van der Waals surface area contributed by atoms with E-state index in [0.29, 0.717) is 0 Å². The molecule has 19 heteroatoms. The second kappa shape index (κ2) is 18.8. The lowest BCUT2D eigenvalue weighted by Crippen LogP contribution is -2.59. The van der Waals surface area contributed by atoms with Gasteiger partial charge in [0, 0.05) is 11.5 Å². The minimum Gasteiger partial charge on any atom is -0.480 e. The van der Waals surface area contributed by atoms with E-state index in [4.69, 9.17) is 17.2 Å². The molecule has 0 fully saturated rings. The number of hydrogen-bond donors (Lipinski definition) is 11. The standard InChI is InChI=1S/C23H40N8O9S2/c1-9(2)4-12(21(37)31-15(8-42)23(39)40)28-18(34)10(3)27-20(36)13(5-16(25)32)30-22(38)14(6-17(26)33)29-19(35)11(24)7-41/h9-15,41-42H,4-8,24H2,1-3H3,(H2,25,32)(H2,26,33)(H,27,36)(H,28,34)(H,29,35)(H,30,38)(H,31,37)(H,39,40)/t10-,11-,12-,13-,14-,15-/m0/s1. The average Bonchev–Trinajstić information content (AvgIpc) is 2.88. The number of carbonyl (C=O) groups excluding carboxylic acids is 7. The summed E-state index contributed by atoms with van der Waals surface area (Å²) in [6, 6.07) is -8.12. The lowest BCUT2D eigenvalue weighted by molar-refractivity contribution is -0.141. The third-order valence-electron chi connectivity index (χ3n) is 5.50. The van der Waals surface area contributed by atoms with Crippen LogP contribution in [0.5, 0.6) is 0 Å². The van der Waals surface area contributed by atoms with Crippen molar-refractivity contribution >= 4 is 72.6 Å². The first kappa shape index (κ1) is 38.4. The second-order valence-corrected chi connectivity index (χ2v) is 10.5. The van der Waals surface area contributed by atoms with Crippen LogP contribution in [0, 0.1) is 5.92 Å². The van der Waals surface area contributed by atoms with Crippen LogP contribution in [0.15, 0.2) is 0 Å². The summed E-state index contributed by atoms with van der Waals surface area (Å²) in [5, 5.41) is 20.6. The molecule has 0 aliphatic heterocycles. The Hall–Kier alpha value is -3.58. The minimum atomic E-state index is -1.64. The summed E-state index contributed by atoms with van der Waals surface area (Å²) in [5.41, 5.74) is 15.9. The number of nitrogens with two attached hydrogens (primary N) is 3. The molecular weight excluding hydrogens is 596 g/mol. The minimum absolute atomic E-state index is 0.0849.